The van der Waals surface area contributed by atoms with E-state index in [0.29, 0.717) is 49.5 Å². The van der Waals surface area contributed by atoms with Gasteiger partial charge in [-0.1, -0.05) is 171 Å². The summed E-state index contributed by atoms with van der Waals surface area (Å²) in [5.41, 5.74) is 11.1. The van der Waals surface area contributed by atoms with E-state index in [1.54, 1.807) is 57.3 Å². The van der Waals surface area contributed by atoms with Crippen LogP contribution in [0.25, 0.3) is 0 Å². The Morgan fingerprint density at radius 2 is 0.953 bits per heavy atom. The number of nitrogens with zero attached hydrogens (tertiary/aromatic N) is 2. The van der Waals surface area contributed by atoms with Gasteiger partial charge < -0.3 is 79.7 Å². The molecule has 5 aromatic carbocycles. The number of nitrogens with one attached hydrogen (secondary N) is 1. The molecule has 0 bridgehead atoms. The summed E-state index contributed by atoms with van der Waals surface area (Å²) in [6.45, 7) is 52.3. The number of carboxylic acid groups (broad SMARTS) is 1. The Kier molecular flexibility index (Phi) is 93.7. The van der Waals surface area contributed by atoms with E-state index < -0.39 is 72.6 Å². The number of rotatable bonds is 18. The van der Waals surface area contributed by atoms with E-state index in [0.717, 1.165) is 35.3 Å². The number of carbonyl (C=O) groups is 8. The number of fused-ring (bicyclic) bond motifs is 1. The monoisotopic (exact) mass is 2140 g/mol. The number of nitrogens with two attached hydrogens (primary N) is 1. The molecule has 129 heavy (non-hydrogen) atoms. The van der Waals surface area contributed by atoms with Crippen LogP contribution in [0.2, 0.25) is 77.8 Å². The molecule has 5 aromatic rings. The molecule has 0 aromatic heterocycles. The van der Waals surface area contributed by atoms with Gasteiger partial charge >= 0.3 is 180 Å². The zero-order valence-electron chi connectivity index (χ0n) is 80.8. The number of alkyl halides is 1. The first-order chi connectivity index (χ1) is 56.7. The normalized spacial score (nSPS) is 10.8. The third-order valence-electron chi connectivity index (χ3n) is 18.7. The third kappa shape index (κ3) is 64.3. The van der Waals surface area contributed by atoms with Crippen LogP contribution in [0.4, 0.5) is 0 Å². The van der Waals surface area contributed by atoms with Gasteiger partial charge in [-0.25, -0.2) is 24.0 Å². The summed E-state index contributed by atoms with van der Waals surface area (Å²) in [6.07, 6.45) is 2.92. The van der Waals surface area contributed by atoms with E-state index in [9.17, 15) is 38.7 Å². The number of halogens is 3. The number of hydrogen-bond donors (Lipinski definition) is 9. The van der Waals surface area contributed by atoms with E-state index in [2.05, 4.69) is 226 Å². The Morgan fingerprint density at radius 3 is 1.24 bits per heavy atom. The van der Waals surface area contributed by atoms with Gasteiger partial charge in [-0.05, 0) is 166 Å². The fourth-order valence-corrected chi connectivity index (χ4v) is 11.5. The molecule has 0 fully saturated rings. The molecule has 0 saturated heterocycles. The number of esters is 4. The van der Waals surface area contributed by atoms with Crippen LogP contribution in [0, 0.1) is 20.8 Å². The van der Waals surface area contributed by atoms with Crippen molar-refractivity contribution >= 4 is 180 Å². The second-order valence-electron chi connectivity index (χ2n) is 31.5. The number of amides is 2. The van der Waals surface area contributed by atoms with Crippen molar-refractivity contribution in [3.05, 3.63) is 147 Å². The number of carboxylic acids is 1. The minimum atomic E-state index is -4.67. The number of methoxy groups -OCH3 is 4. The third-order valence-corrected chi connectivity index (χ3v) is 38.2. The van der Waals surface area contributed by atoms with Crippen molar-refractivity contribution in [2.75, 3.05) is 42.6 Å². The molecule has 4 radical (unpaired) electrons. The number of benzene rings is 5. The maximum Gasteiger partial charge on any atom is 1.00 e. The maximum absolute atomic E-state index is 12.9. The quantitative estimate of drug-likeness (QED) is 0.00320. The summed E-state index contributed by atoms with van der Waals surface area (Å²) in [4.78, 5) is 105. The van der Waals surface area contributed by atoms with Crippen molar-refractivity contribution in [1.29, 1.82) is 0 Å². The fourth-order valence-electron chi connectivity index (χ4n) is 7.73. The first-order valence-electron chi connectivity index (χ1n) is 37.5. The molecule has 0 spiro atoms. The fraction of sp³-hybridized carbons (Fsp3) is 0.530. The molecule has 46 heteroatoms. The number of phenolic OH excluding ortho intramolecular Hbond substituents is 2. The van der Waals surface area contributed by atoms with Gasteiger partial charge in [-0.2, -0.15) is 26.4 Å². The van der Waals surface area contributed by atoms with Gasteiger partial charge in [-0.15, -0.1) is 5.28 Å². The molecular weight excluding hydrogens is 2000 g/mol. The number of thiol groups is 1. The molecular formula is C83H141AlB2BrCl2K2N4NiO27S2Si4-. The van der Waals surface area contributed by atoms with Gasteiger partial charge in [0, 0.05) is 68.7 Å². The van der Waals surface area contributed by atoms with Crippen LogP contribution in [0.1, 0.15) is 212 Å². The molecule has 1 heterocycles. The number of primary amides is 1. The van der Waals surface area contributed by atoms with Crippen LogP contribution < -0.4 is 132 Å². The molecule has 1 aliphatic heterocycles. The van der Waals surface area contributed by atoms with Gasteiger partial charge in [0.05, 0.1) is 57.2 Å². The Bertz CT molecular complexity index is 4160. The molecule has 31 nitrogen and oxygen atoms in total. The SMILES string of the molecule is C.C.CC(C)(C)[Si](C)(C)Cl.CC[CH2][Al].CNCl.CO.COC(=O)CCC(C(N)=O)N1Cc2c(O[Si](C)(C)C(C)(C)C)cccc2C1=O.COC(=O)c1cccc(O)c1C.COC(=O)c1cccc(O[Si](C)(C)C(C)(C)C)c1C.COC(=O)c1cccc(O[Si](C)(C)C(C)(C)C)c1CBr.C[C-]=O.Cc1c(O)cccc1C(=O)O.O=CO[O-].O=S(=O)(O)O.[B]=NS.[B]=O.[H-].[K+].[K+].[Ni]. The number of aliphatic hydroxyl groups excluding tert-OH is 1. The first-order valence-corrected chi connectivity index (χ1v) is 54.4. The number of aliphatic hydroxyl groups is 1. The number of aromatic hydroxyl groups is 2. The van der Waals surface area contributed by atoms with E-state index >= 15 is 0 Å². The van der Waals surface area contributed by atoms with Gasteiger partial charge in [0.15, 0.2) is 7.38 Å². The summed E-state index contributed by atoms with van der Waals surface area (Å²) in [5, 5.41) is 44.7. The first kappa shape index (κ1) is 154. The number of aromatic carboxylic acids is 1. The van der Waals surface area contributed by atoms with Crippen molar-refractivity contribution in [2.24, 2.45) is 10.0 Å². The van der Waals surface area contributed by atoms with Crippen LogP contribution in [-0.2, 0) is 86.5 Å². The Morgan fingerprint density at radius 1 is 0.674 bits per heavy atom. The summed E-state index contributed by atoms with van der Waals surface area (Å²) in [7, 11) is 3.62. The van der Waals surface area contributed by atoms with Gasteiger partial charge in [-0.3, -0.25) is 34.6 Å². The Hall–Kier alpha value is -3.41. The zero-order valence-corrected chi connectivity index (χ0v) is 97.0. The second-order valence-corrected chi connectivity index (χ2v) is 55.6. The van der Waals surface area contributed by atoms with Crippen LogP contribution in [0.3, 0.4) is 0 Å². The standard InChI is InChI=1S/C20H30N2O5Si.C15H23BrO3Si.C15H24O3Si.C9H10O3.C8H8O3.C6H15ClSi.C3H7.C2H3O.CH4ClN.CH2O3.CH4O.2CH4.Al.BHNS.BO.2K.Ni.H2O4S.H/c1-20(2,3)28(5,6)27-16-9-7-8-13-14(16)12-22(19(13)25)15(18(21)24)10-11-17(23)26-4;1-15(2,3)20(5,6)19-13-9-7-8-11(12(13)10-16)14(17)18-4;1-11-12(14(16)17-5)9-8-10-13(11)18-19(6,7)15(2,3)4;1-6-7(9(11)12-2)4-3-5-8(6)10;1-5-6(8(10)11)3-2-4-7(5)9;1-6(2,3)8(4,5)7;1-3-2;1-2-3;1-3-2;2-1-4-3;1-2;;;;1-2-3;1-2;;;;1-5(2,3)4;/h7-9,15H,10-12H2,1-6H3,(H2,21,24);7-9H,10H2,1-6H3;8-10H,1-7H3;3-5,10H,1-2H3;2-4,9H,1H3,(H,10,11);1-5H3;1,3H2,2H3;1H3;3H,1H3;1,3H;2H,1H3;2*1H4;;3H;;;;;(H2,1,2,3,4);/q;;;;;;;-1;;;;;;;;;2*+1;;;-1/p-1. The molecule has 2 amide bonds. The zero-order chi connectivity index (χ0) is 99.7. The topological polar surface area (TPSA) is 477 Å². The van der Waals surface area contributed by atoms with E-state index in [1.807, 2.05) is 37.3 Å². The molecule has 0 aliphatic carbocycles. The predicted molar refractivity (Wildman–Crippen MR) is 519 cm³/mol. The molecule has 1 unspecified atom stereocenters. The van der Waals surface area contributed by atoms with Crippen molar-refractivity contribution in [2.45, 2.75) is 248 Å². The van der Waals surface area contributed by atoms with Gasteiger partial charge in [0.2, 0.25) is 30.9 Å². The predicted octanol–water partition coefficient (Wildman–Crippen LogP) is 11.8. The van der Waals surface area contributed by atoms with Gasteiger partial charge in [0.1, 0.15) is 51.1 Å². The molecule has 1 aliphatic rings. The summed E-state index contributed by atoms with van der Waals surface area (Å²) in [5.74, 6) is -1.09. The van der Waals surface area contributed by atoms with E-state index in [4.69, 9.17) is 104 Å². The number of carbonyl (C=O) groups excluding carboxylic acids is 8. The van der Waals surface area contributed by atoms with Crippen molar-refractivity contribution < 1.29 is 249 Å². The number of ether oxygens (including phenoxy) is 4. The smallest absolute Gasteiger partial charge is 1.00 e. The van der Waals surface area contributed by atoms with Crippen LogP contribution >= 0.6 is 51.6 Å². The summed E-state index contributed by atoms with van der Waals surface area (Å²) in [6, 6.07) is 24.7. The maximum atomic E-state index is 12.9. The van der Waals surface area contributed by atoms with E-state index in [-0.39, 0.29) is 211 Å². The minimum Gasteiger partial charge on any atom is -1.00 e. The number of phenols is 2. The van der Waals surface area contributed by atoms with E-state index in [1.165, 1.54) is 82.5 Å². The second kappa shape index (κ2) is 78.6. The summed E-state index contributed by atoms with van der Waals surface area (Å²) < 4.78 is 79.8. The molecule has 726 valence electrons. The average molecular weight is 2140 g/mol. The summed E-state index contributed by atoms with van der Waals surface area (Å²) >= 11 is 20.2. The largest absolute Gasteiger partial charge is 1.00 e. The number of hydrogen-bond acceptors (Lipinski definition) is 27. The van der Waals surface area contributed by atoms with Crippen molar-refractivity contribution in [3.63, 3.8) is 0 Å². The molecule has 9 N–H and O–H groups in total. The van der Waals surface area contributed by atoms with Crippen LogP contribution in [0.15, 0.2) is 95.3 Å². The molecule has 0 saturated carbocycles. The van der Waals surface area contributed by atoms with Gasteiger partial charge in [0.25, 0.3) is 12.4 Å². The van der Waals surface area contributed by atoms with Crippen molar-refractivity contribution in [3.8, 4) is 28.7 Å². The Labute approximate surface area is 903 Å². The average Bonchev–Trinajstić information content (AvgIpc) is 1.59. The van der Waals surface area contributed by atoms with Crippen molar-refractivity contribution in [1.82, 2.24) is 9.74 Å². The molecule has 6 rings (SSSR count). The minimum absolute atomic E-state index is 0. The van der Waals surface area contributed by atoms with Crippen LogP contribution in [-0.4, -0.2) is 210 Å². The van der Waals surface area contributed by atoms with Crippen LogP contribution in [0.5, 0.6) is 28.7 Å². The Balaban J connectivity index is -0.0000000997. The molecule has 1 atom stereocenters.